The Morgan fingerprint density at radius 1 is 1.00 bits per heavy atom. The van der Waals surface area contributed by atoms with E-state index in [-0.39, 0.29) is 23.9 Å². The molecule has 0 saturated heterocycles. The Hall–Kier alpha value is -3.93. The van der Waals surface area contributed by atoms with Gasteiger partial charge in [-0.2, -0.15) is 0 Å². The van der Waals surface area contributed by atoms with Crippen LogP contribution in [0.3, 0.4) is 0 Å². The maximum atomic E-state index is 12.9. The Labute approximate surface area is 180 Å². The first-order chi connectivity index (χ1) is 15.0. The number of hydrogen-bond donors (Lipinski definition) is 1. The number of carbonyl (C=O) groups excluding carboxylic acids is 1. The fourth-order valence-electron chi connectivity index (χ4n) is 3.94. The first-order valence-corrected chi connectivity index (χ1v) is 10.1. The number of amides is 1. The van der Waals surface area contributed by atoms with Gasteiger partial charge in [0.1, 0.15) is 0 Å². The third-order valence-corrected chi connectivity index (χ3v) is 5.53. The molecule has 0 bridgehead atoms. The summed E-state index contributed by atoms with van der Waals surface area (Å²) >= 11 is 0. The molecule has 4 aromatic rings. The van der Waals surface area contributed by atoms with Gasteiger partial charge in [-0.05, 0) is 22.8 Å². The molecule has 0 aliphatic carbocycles. The van der Waals surface area contributed by atoms with E-state index < -0.39 is 4.92 Å². The molecule has 1 amide bonds. The molecule has 1 aromatic heterocycles. The van der Waals surface area contributed by atoms with Crippen LogP contribution in [-0.4, -0.2) is 15.4 Å². The highest BCUT2D eigenvalue weighted by molar-refractivity contribution is 5.86. The number of nitrogens with zero attached hydrogens (tertiary/aromatic N) is 2. The lowest BCUT2D eigenvalue weighted by Crippen LogP contribution is -2.25. The number of para-hydroxylation sites is 1. The summed E-state index contributed by atoms with van der Waals surface area (Å²) in [6.45, 7) is 0.461. The van der Waals surface area contributed by atoms with Crippen LogP contribution in [0.15, 0.2) is 85.1 Å². The van der Waals surface area contributed by atoms with Gasteiger partial charge in [0.25, 0.3) is 5.69 Å². The Kier molecular flexibility index (Phi) is 5.80. The van der Waals surface area contributed by atoms with Crippen molar-refractivity contribution < 1.29 is 9.72 Å². The van der Waals surface area contributed by atoms with Gasteiger partial charge in [0.05, 0.1) is 4.92 Å². The van der Waals surface area contributed by atoms with Crippen molar-refractivity contribution in [3.05, 3.63) is 112 Å². The number of nitrogens with one attached hydrogen (secondary N) is 1. The molecule has 0 radical (unpaired) electrons. The van der Waals surface area contributed by atoms with Gasteiger partial charge in [-0.15, -0.1) is 0 Å². The molecule has 4 rings (SSSR count). The summed E-state index contributed by atoms with van der Waals surface area (Å²) in [6, 6.07) is 24.3. The molecule has 0 aliphatic rings. The van der Waals surface area contributed by atoms with E-state index in [0.29, 0.717) is 6.54 Å². The highest BCUT2D eigenvalue weighted by Gasteiger charge is 2.23. The minimum absolute atomic E-state index is 0.0361. The molecule has 0 spiro atoms. The standard InChI is InChI=1S/C25H23N3O3/c1-27-17-23(21-9-5-6-10-24(21)27)22(19-11-13-20(14-12-19)28(30)31)15-25(29)26-16-18-7-3-2-4-8-18/h2-14,17,22H,15-16H2,1H3,(H,26,29). The Bertz CT molecular complexity index is 1210. The Morgan fingerprint density at radius 2 is 1.68 bits per heavy atom. The fraction of sp³-hybridized carbons (Fsp3) is 0.160. The average molecular weight is 413 g/mol. The molecular formula is C25H23N3O3. The van der Waals surface area contributed by atoms with Crippen molar-refractivity contribution >= 4 is 22.5 Å². The van der Waals surface area contributed by atoms with Gasteiger partial charge >= 0.3 is 0 Å². The molecule has 1 atom stereocenters. The van der Waals surface area contributed by atoms with Gasteiger partial charge in [-0.25, -0.2) is 0 Å². The first kappa shape index (κ1) is 20.3. The lowest BCUT2D eigenvalue weighted by molar-refractivity contribution is -0.384. The zero-order chi connectivity index (χ0) is 21.8. The molecule has 6 heteroatoms. The number of aryl methyl sites for hydroxylation is 1. The maximum Gasteiger partial charge on any atom is 0.269 e. The Morgan fingerprint density at radius 3 is 2.39 bits per heavy atom. The summed E-state index contributed by atoms with van der Waals surface area (Å²) in [5, 5.41) is 15.1. The molecular weight excluding hydrogens is 390 g/mol. The van der Waals surface area contributed by atoms with Crippen LogP contribution in [0.2, 0.25) is 0 Å². The van der Waals surface area contributed by atoms with Crippen LogP contribution in [0.1, 0.15) is 29.0 Å². The number of non-ortho nitro benzene ring substituents is 1. The number of carbonyl (C=O) groups is 1. The predicted octanol–water partition coefficient (Wildman–Crippen LogP) is 4.92. The van der Waals surface area contributed by atoms with Gasteiger partial charge in [0, 0.05) is 55.2 Å². The van der Waals surface area contributed by atoms with Crippen molar-refractivity contribution in [2.75, 3.05) is 0 Å². The van der Waals surface area contributed by atoms with Gasteiger partial charge < -0.3 is 9.88 Å². The quantitative estimate of drug-likeness (QED) is 0.345. The second-order valence-electron chi connectivity index (χ2n) is 7.58. The van der Waals surface area contributed by atoms with Crippen LogP contribution in [-0.2, 0) is 18.4 Å². The smallest absolute Gasteiger partial charge is 0.269 e. The number of nitro groups is 1. The summed E-state index contributed by atoms with van der Waals surface area (Å²) in [7, 11) is 1.98. The van der Waals surface area contributed by atoms with E-state index in [1.807, 2.05) is 72.4 Å². The van der Waals surface area contributed by atoms with E-state index in [9.17, 15) is 14.9 Å². The van der Waals surface area contributed by atoms with Gasteiger partial charge in [-0.3, -0.25) is 14.9 Å². The van der Waals surface area contributed by atoms with Crippen LogP contribution in [0.4, 0.5) is 5.69 Å². The third-order valence-electron chi connectivity index (χ3n) is 5.53. The van der Waals surface area contributed by atoms with Crippen molar-refractivity contribution in [1.29, 1.82) is 0 Å². The highest BCUT2D eigenvalue weighted by Crippen LogP contribution is 2.35. The molecule has 0 aliphatic heterocycles. The van der Waals surface area contributed by atoms with Crippen LogP contribution < -0.4 is 5.32 Å². The number of aromatic nitrogens is 1. The lowest BCUT2D eigenvalue weighted by Gasteiger charge is -2.17. The van der Waals surface area contributed by atoms with E-state index in [1.165, 1.54) is 12.1 Å². The topological polar surface area (TPSA) is 77.2 Å². The summed E-state index contributed by atoms with van der Waals surface area (Å²) in [4.78, 5) is 23.5. The second-order valence-corrected chi connectivity index (χ2v) is 7.58. The lowest BCUT2D eigenvalue weighted by atomic mass is 9.88. The number of benzene rings is 3. The summed E-state index contributed by atoms with van der Waals surface area (Å²) in [5.41, 5.74) is 4.05. The SMILES string of the molecule is Cn1cc(C(CC(=O)NCc2ccccc2)c2ccc([N+](=O)[O-])cc2)c2ccccc21. The fourth-order valence-corrected chi connectivity index (χ4v) is 3.94. The van der Waals surface area contributed by atoms with Gasteiger partial charge in [0.2, 0.25) is 5.91 Å². The number of fused-ring (bicyclic) bond motifs is 1. The Balaban J connectivity index is 1.65. The van der Waals surface area contributed by atoms with E-state index >= 15 is 0 Å². The van der Waals surface area contributed by atoms with E-state index in [1.54, 1.807) is 12.1 Å². The number of rotatable bonds is 7. The maximum absolute atomic E-state index is 12.9. The van der Waals surface area contributed by atoms with Crippen LogP contribution in [0.5, 0.6) is 0 Å². The largest absolute Gasteiger partial charge is 0.352 e. The van der Waals surface area contributed by atoms with E-state index in [2.05, 4.69) is 5.32 Å². The molecule has 156 valence electrons. The van der Waals surface area contributed by atoms with Crippen molar-refractivity contribution in [1.82, 2.24) is 9.88 Å². The van der Waals surface area contributed by atoms with Crippen molar-refractivity contribution in [3.63, 3.8) is 0 Å². The van der Waals surface area contributed by atoms with E-state index in [4.69, 9.17) is 0 Å². The molecule has 1 N–H and O–H groups in total. The normalized spacial score (nSPS) is 11.9. The van der Waals surface area contributed by atoms with Gasteiger partial charge in [-0.1, -0.05) is 60.7 Å². The van der Waals surface area contributed by atoms with E-state index in [0.717, 1.165) is 27.6 Å². The molecule has 6 nitrogen and oxygen atoms in total. The third kappa shape index (κ3) is 4.48. The molecule has 31 heavy (non-hydrogen) atoms. The minimum Gasteiger partial charge on any atom is -0.352 e. The molecule has 3 aromatic carbocycles. The van der Waals surface area contributed by atoms with Crippen molar-refractivity contribution in [3.8, 4) is 0 Å². The second kappa shape index (κ2) is 8.83. The molecule has 1 unspecified atom stereocenters. The van der Waals surface area contributed by atoms with Gasteiger partial charge in [0.15, 0.2) is 0 Å². The predicted molar refractivity (Wildman–Crippen MR) is 121 cm³/mol. The zero-order valence-electron chi connectivity index (χ0n) is 17.2. The summed E-state index contributed by atoms with van der Waals surface area (Å²) < 4.78 is 2.05. The molecule has 1 heterocycles. The van der Waals surface area contributed by atoms with Crippen LogP contribution in [0, 0.1) is 10.1 Å². The summed E-state index contributed by atoms with van der Waals surface area (Å²) in [6.07, 6.45) is 2.29. The van der Waals surface area contributed by atoms with Crippen LogP contribution >= 0.6 is 0 Å². The summed E-state index contributed by atoms with van der Waals surface area (Å²) in [5.74, 6) is -0.289. The highest BCUT2D eigenvalue weighted by atomic mass is 16.6. The number of nitro benzene ring substituents is 1. The van der Waals surface area contributed by atoms with Crippen molar-refractivity contribution in [2.24, 2.45) is 7.05 Å². The van der Waals surface area contributed by atoms with Crippen LogP contribution in [0.25, 0.3) is 10.9 Å². The molecule has 0 saturated carbocycles. The molecule has 0 fully saturated rings. The monoisotopic (exact) mass is 413 g/mol. The minimum atomic E-state index is -0.413. The number of hydrogen-bond acceptors (Lipinski definition) is 3. The van der Waals surface area contributed by atoms with Crippen molar-refractivity contribution in [2.45, 2.75) is 18.9 Å². The zero-order valence-corrected chi connectivity index (χ0v) is 17.2. The average Bonchev–Trinajstić information content (AvgIpc) is 3.13. The first-order valence-electron chi connectivity index (χ1n) is 10.1.